The number of carbonyl (C=O) groups is 2. The predicted molar refractivity (Wildman–Crippen MR) is 87.1 cm³/mol. The molecule has 2 amide bonds. The standard InChI is InChI=1S/C15H15BrN2O2S/c1-10(11-5-3-2-4-6-11)9-14(19)17-18-15(20)12-7-8-13(16)21-12/h2-8,10H,9H2,1H3,(H,17,19)(H,18,20). The van der Waals surface area contributed by atoms with E-state index in [1.165, 1.54) is 11.3 Å². The van der Waals surface area contributed by atoms with Gasteiger partial charge >= 0.3 is 0 Å². The minimum atomic E-state index is -0.314. The van der Waals surface area contributed by atoms with Gasteiger partial charge in [0.15, 0.2) is 0 Å². The van der Waals surface area contributed by atoms with Gasteiger partial charge in [-0.3, -0.25) is 20.4 Å². The highest BCUT2D eigenvalue weighted by Crippen LogP contribution is 2.21. The van der Waals surface area contributed by atoms with Crippen LogP contribution < -0.4 is 10.9 Å². The normalized spacial score (nSPS) is 11.7. The van der Waals surface area contributed by atoms with Crippen molar-refractivity contribution in [1.29, 1.82) is 0 Å². The van der Waals surface area contributed by atoms with E-state index >= 15 is 0 Å². The Morgan fingerprint density at radius 2 is 1.86 bits per heavy atom. The lowest BCUT2D eigenvalue weighted by Crippen LogP contribution is -2.41. The van der Waals surface area contributed by atoms with E-state index in [0.717, 1.165) is 9.35 Å². The molecule has 2 N–H and O–H groups in total. The molecule has 1 heterocycles. The fourth-order valence-corrected chi connectivity index (χ4v) is 3.13. The van der Waals surface area contributed by atoms with E-state index < -0.39 is 0 Å². The Morgan fingerprint density at radius 1 is 1.14 bits per heavy atom. The first-order chi connectivity index (χ1) is 10.1. The predicted octanol–water partition coefficient (Wildman–Crippen LogP) is 3.47. The summed E-state index contributed by atoms with van der Waals surface area (Å²) in [6.07, 6.45) is 0.318. The zero-order valence-corrected chi connectivity index (χ0v) is 13.8. The Bertz CT molecular complexity index is 628. The summed E-state index contributed by atoms with van der Waals surface area (Å²) in [5, 5.41) is 0. The molecule has 0 spiro atoms. The van der Waals surface area contributed by atoms with Crippen molar-refractivity contribution in [3.05, 3.63) is 56.7 Å². The second-order valence-corrected chi connectivity index (χ2v) is 7.08. The molecule has 0 aliphatic heterocycles. The molecule has 21 heavy (non-hydrogen) atoms. The van der Waals surface area contributed by atoms with Gasteiger partial charge in [0.25, 0.3) is 5.91 Å². The minimum absolute atomic E-state index is 0.0963. The van der Waals surface area contributed by atoms with Gasteiger partial charge in [0.2, 0.25) is 5.91 Å². The number of rotatable bonds is 4. The number of carbonyl (C=O) groups excluding carboxylic acids is 2. The van der Waals surface area contributed by atoms with Crippen molar-refractivity contribution in [2.45, 2.75) is 19.3 Å². The number of hydrogen-bond acceptors (Lipinski definition) is 3. The van der Waals surface area contributed by atoms with Crippen LogP contribution in [-0.4, -0.2) is 11.8 Å². The molecule has 6 heteroatoms. The third-order valence-electron chi connectivity index (χ3n) is 2.97. The SMILES string of the molecule is CC(CC(=O)NNC(=O)c1ccc(Br)s1)c1ccccc1. The lowest BCUT2D eigenvalue weighted by atomic mass is 9.98. The van der Waals surface area contributed by atoms with E-state index in [1.54, 1.807) is 12.1 Å². The zero-order chi connectivity index (χ0) is 15.2. The van der Waals surface area contributed by atoms with Gasteiger partial charge in [-0.2, -0.15) is 0 Å². The summed E-state index contributed by atoms with van der Waals surface area (Å²) in [7, 11) is 0. The van der Waals surface area contributed by atoms with Gasteiger partial charge in [-0.05, 0) is 39.5 Å². The fourth-order valence-electron chi connectivity index (χ4n) is 1.85. The molecule has 0 saturated heterocycles. The average Bonchev–Trinajstić information content (AvgIpc) is 2.92. The van der Waals surface area contributed by atoms with Gasteiger partial charge in [0.05, 0.1) is 8.66 Å². The molecule has 1 unspecified atom stereocenters. The van der Waals surface area contributed by atoms with Gasteiger partial charge in [-0.25, -0.2) is 0 Å². The molecule has 2 rings (SSSR count). The maximum atomic E-state index is 11.8. The van der Waals surface area contributed by atoms with Gasteiger partial charge in [0.1, 0.15) is 0 Å². The van der Waals surface area contributed by atoms with Crippen LogP contribution in [0, 0.1) is 0 Å². The number of benzene rings is 1. The lowest BCUT2D eigenvalue weighted by molar-refractivity contribution is -0.122. The molecule has 0 saturated carbocycles. The van der Waals surface area contributed by atoms with Crippen molar-refractivity contribution in [3.8, 4) is 0 Å². The molecule has 0 radical (unpaired) electrons. The topological polar surface area (TPSA) is 58.2 Å². The third-order valence-corrected chi connectivity index (χ3v) is 4.60. The van der Waals surface area contributed by atoms with Crippen LogP contribution in [0.2, 0.25) is 0 Å². The lowest BCUT2D eigenvalue weighted by Gasteiger charge is -2.12. The first-order valence-corrected chi connectivity index (χ1v) is 8.06. The Kier molecular flexibility index (Phi) is 5.52. The summed E-state index contributed by atoms with van der Waals surface area (Å²) in [5.41, 5.74) is 5.96. The summed E-state index contributed by atoms with van der Waals surface area (Å²) in [6.45, 7) is 1.98. The Morgan fingerprint density at radius 3 is 2.48 bits per heavy atom. The van der Waals surface area contributed by atoms with Crippen molar-refractivity contribution in [2.75, 3.05) is 0 Å². The minimum Gasteiger partial charge on any atom is -0.273 e. The zero-order valence-electron chi connectivity index (χ0n) is 11.4. The second kappa shape index (κ2) is 7.38. The highest BCUT2D eigenvalue weighted by atomic mass is 79.9. The quantitative estimate of drug-likeness (QED) is 0.813. The summed E-state index contributed by atoms with van der Waals surface area (Å²) in [5.74, 6) is -0.430. The van der Waals surface area contributed by atoms with Crippen LogP contribution >= 0.6 is 27.3 Å². The fraction of sp³-hybridized carbons (Fsp3) is 0.200. The van der Waals surface area contributed by atoms with Gasteiger partial charge in [-0.15, -0.1) is 11.3 Å². The number of amides is 2. The van der Waals surface area contributed by atoms with Gasteiger partial charge in [-0.1, -0.05) is 37.3 Å². The van der Waals surface area contributed by atoms with E-state index in [4.69, 9.17) is 0 Å². The van der Waals surface area contributed by atoms with E-state index in [1.807, 2.05) is 37.3 Å². The van der Waals surface area contributed by atoms with Crippen LogP contribution in [0.1, 0.15) is 34.5 Å². The molecule has 0 aliphatic rings. The molecule has 4 nitrogen and oxygen atoms in total. The summed E-state index contributed by atoms with van der Waals surface area (Å²) >= 11 is 4.60. The first kappa shape index (κ1) is 15.7. The molecule has 0 aliphatic carbocycles. The molecule has 2 aromatic rings. The molecule has 110 valence electrons. The molecule has 0 bridgehead atoms. The largest absolute Gasteiger partial charge is 0.279 e. The monoisotopic (exact) mass is 366 g/mol. The van der Waals surface area contributed by atoms with Crippen molar-refractivity contribution in [2.24, 2.45) is 0 Å². The Hall–Kier alpha value is -1.66. The van der Waals surface area contributed by atoms with E-state index in [-0.39, 0.29) is 17.7 Å². The average molecular weight is 367 g/mol. The number of nitrogens with one attached hydrogen (secondary N) is 2. The number of thiophene rings is 1. The van der Waals surface area contributed by atoms with Gasteiger partial charge < -0.3 is 0 Å². The van der Waals surface area contributed by atoms with Crippen LogP contribution in [0.4, 0.5) is 0 Å². The smallest absolute Gasteiger partial charge is 0.273 e. The molecule has 1 aromatic heterocycles. The first-order valence-electron chi connectivity index (χ1n) is 6.45. The van der Waals surface area contributed by atoms with Crippen molar-refractivity contribution in [1.82, 2.24) is 10.9 Å². The number of hydrazine groups is 1. The van der Waals surface area contributed by atoms with Crippen molar-refractivity contribution in [3.63, 3.8) is 0 Å². The summed E-state index contributed by atoms with van der Waals surface area (Å²) in [6, 6.07) is 13.3. The van der Waals surface area contributed by atoms with Crippen LogP contribution in [0.15, 0.2) is 46.3 Å². The Labute approximate surface area is 135 Å². The van der Waals surface area contributed by atoms with Crippen LogP contribution in [0.3, 0.4) is 0 Å². The maximum absolute atomic E-state index is 11.8. The molecule has 1 aromatic carbocycles. The summed E-state index contributed by atoms with van der Waals surface area (Å²) < 4.78 is 0.872. The van der Waals surface area contributed by atoms with Crippen LogP contribution in [-0.2, 0) is 4.79 Å². The van der Waals surface area contributed by atoms with E-state index in [2.05, 4.69) is 26.8 Å². The van der Waals surface area contributed by atoms with Crippen molar-refractivity contribution < 1.29 is 9.59 Å². The van der Waals surface area contributed by atoms with Crippen molar-refractivity contribution >= 4 is 39.1 Å². The van der Waals surface area contributed by atoms with Crippen LogP contribution in [0.5, 0.6) is 0 Å². The van der Waals surface area contributed by atoms with Gasteiger partial charge in [0, 0.05) is 6.42 Å². The maximum Gasteiger partial charge on any atom is 0.279 e. The number of halogens is 1. The highest BCUT2D eigenvalue weighted by Gasteiger charge is 2.13. The van der Waals surface area contributed by atoms with Crippen LogP contribution in [0.25, 0.3) is 0 Å². The second-order valence-electron chi connectivity index (χ2n) is 4.62. The number of hydrogen-bond donors (Lipinski definition) is 2. The molecule has 0 fully saturated rings. The van der Waals surface area contributed by atoms with E-state index in [0.29, 0.717) is 11.3 Å². The molecular weight excluding hydrogens is 352 g/mol. The molecule has 1 atom stereocenters. The Balaban J connectivity index is 1.81. The highest BCUT2D eigenvalue weighted by molar-refractivity contribution is 9.11. The summed E-state index contributed by atoms with van der Waals surface area (Å²) in [4.78, 5) is 24.2. The molecular formula is C15H15BrN2O2S. The third kappa shape index (κ3) is 4.68. The van der Waals surface area contributed by atoms with E-state index in [9.17, 15) is 9.59 Å².